The second kappa shape index (κ2) is 3.97. The van der Waals surface area contributed by atoms with Gasteiger partial charge in [0, 0.05) is 11.6 Å². The Morgan fingerprint density at radius 3 is 2.81 bits per heavy atom. The van der Waals surface area contributed by atoms with Gasteiger partial charge in [0.05, 0.1) is 12.1 Å². The number of carbonyl (C=O) groups excluding carboxylic acids is 2. The SMILES string of the molecule is COC(=O)C1=CS(C(N)=O)=C2C=CC=CN12. The fourth-order valence-corrected chi connectivity index (χ4v) is 2.92. The summed E-state index contributed by atoms with van der Waals surface area (Å²) >= 11 is 0. The molecule has 0 aliphatic carbocycles. The van der Waals surface area contributed by atoms with Crippen molar-refractivity contribution in [1.82, 2.24) is 4.90 Å². The van der Waals surface area contributed by atoms with Gasteiger partial charge < -0.3 is 15.4 Å². The average Bonchev–Trinajstić information content (AvgIpc) is 2.67. The van der Waals surface area contributed by atoms with Crippen molar-refractivity contribution in [3.8, 4) is 0 Å². The number of fused-ring (bicyclic) bond motifs is 1. The number of esters is 1. The van der Waals surface area contributed by atoms with E-state index in [1.165, 1.54) is 7.11 Å². The molecule has 0 radical (unpaired) electrons. The molecule has 0 aromatic carbocycles. The number of ether oxygens (including phenoxy) is 1. The van der Waals surface area contributed by atoms with Crippen molar-refractivity contribution >= 4 is 26.7 Å². The van der Waals surface area contributed by atoms with Crippen molar-refractivity contribution in [2.75, 3.05) is 7.11 Å². The molecule has 2 rings (SSSR count). The van der Waals surface area contributed by atoms with Gasteiger partial charge in [-0.2, -0.15) is 0 Å². The Bertz CT molecular complexity index is 488. The predicted octanol–water partition coefficient (Wildman–Crippen LogP) is 0.877. The number of nitrogens with zero attached hydrogens (tertiary/aromatic N) is 1. The molecule has 0 fully saturated rings. The lowest BCUT2D eigenvalue weighted by atomic mass is 10.3. The van der Waals surface area contributed by atoms with Crippen molar-refractivity contribution in [3.05, 3.63) is 35.5 Å². The number of hydrogen-bond acceptors (Lipinski definition) is 4. The number of allylic oxidation sites excluding steroid dienone is 2. The van der Waals surface area contributed by atoms with Gasteiger partial charge in [0.2, 0.25) is 0 Å². The Kier molecular flexibility index (Phi) is 2.66. The summed E-state index contributed by atoms with van der Waals surface area (Å²) in [7, 11) is 0.431. The second-order valence-electron chi connectivity index (χ2n) is 3.06. The van der Waals surface area contributed by atoms with E-state index in [4.69, 9.17) is 5.73 Å². The number of carbonyl (C=O) groups is 2. The minimum atomic E-state index is -0.867. The smallest absolute Gasteiger partial charge is 0.355 e. The first-order valence-electron chi connectivity index (χ1n) is 4.49. The number of primary amides is 1. The van der Waals surface area contributed by atoms with E-state index in [1.54, 1.807) is 34.7 Å². The van der Waals surface area contributed by atoms with Crippen LogP contribution in [0.1, 0.15) is 0 Å². The molecule has 0 saturated carbocycles. The van der Waals surface area contributed by atoms with Crippen molar-refractivity contribution in [2.45, 2.75) is 0 Å². The Balaban J connectivity index is 2.46. The van der Waals surface area contributed by atoms with E-state index in [0.29, 0.717) is 10.7 Å². The minimum Gasteiger partial charge on any atom is -0.464 e. The summed E-state index contributed by atoms with van der Waals surface area (Å²) in [5.74, 6) is -0.478. The summed E-state index contributed by atoms with van der Waals surface area (Å²) < 4.78 is 4.64. The maximum absolute atomic E-state index is 11.5. The van der Waals surface area contributed by atoms with Crippen LogP contribution < -0.4 is 5.73 Å². The second-order valence-corrected chi connectivity index (χ2v) is 4.79. The van der Waals surface area contributed by atoms with Crippen molar-refractivity contribution < 1.29 is 14.3 Å². The van der Waals surface area contributed by atoms with Crippen LogP contribution in [0.4, 0.5) is 4.79 Å². The molecule has 1 atom stereocenters. The van der Waals surface area contributed by atoms with E-state index in [1.807, 2.05) is 0 Å². The molecule has 0 spiro atoms. The van der Waals surface area contributed by atoms with Gasteiger partial charge in [-0.1, -0.05) is 6.08 Å². The van der Waals surface area contributed by atoms with Gasteiger partial charge in [0.1, 0.15) is 5.70 Å². The first-order chi connectivity index (χ1) is 7.65. The minimum absolute atomic E-state index is 0.334. The number of rotatable bonds is 1. The van der Waals surface area contributed by atoms with Gasteiger partial charge in [-0.15, -0.1) is 0 Å². The van der Waals surface area contributed by atoms with Crippen LogP contribution in [0.5, 0.6) is 0 Å². The van der Waals surface area contributed by atoms with Gasteiger partial charge in [-0.3, -0.25) is 4.79 Å². The molecule has 2 N–H and O–H groups in total. The number of methoxy groups -OCH3 is 1. The maximum Gasteiger partial charge on any atom is 0.355 e. The fourth-order valence-electron chi connectivity index (χ4n) is 1.45. The van der Waals surface area contributed by atoms with E-state index in [2.05, 4.69) is 4.74 Å². The lowest BCUT2D eigenvalue weighted by Gasteiger charge is -2.19. The van der Waals surface area contributed by atoms with Crippen molar-refractivity contribution in [1.29, 1.82) is 0 Å². The standard InChI is InChI=1S/C10H10N2O3S/c1-15-9(13)7-6-16(10(11)14)8-4-2-3-5-12(7)8/h2-6H,1H3,(H2,11,14). The molecule has 2 aliphatic rings. The Morgan fingerprint density at radius 2 is 2.19 bits per heavy atom. The molecule has 1 unspecified atom stereocenters. The zero-order chi connectivity index (χ0) is 11.7. The third-order valence-corrected chi connectivity index (χ3v) is 3.82. The molecule has 0 saturated heterocycles. The van der Waals surface area contributed by atoms with Gasteiger partial charge in [-0.25, -0.2) is 4.79 Å². The quantitative estimate of drug-likeness (QED) is 0.543. The molecule has 6 heteroatoms. The first kappa shape index (κ1) is 10.7. The molecule has 0 aromatic rings. The van der Waals surface area contributed by atoms with Crippen LogP contribution >= 0.6 is 10.5 Å². The van der Waals surface area contributed by atoms with Crippen LogP contribution in [-0.4, -0.2) is 28.2 Å². The highest BCUT2D eigenvalue weighted by molar-refractivity contribution is 8.31. The zero-order valence-corrected chi connectivity index (χ0v) is 9.36. The largest absolute Gasteiger partial charge is 0.464 e. The highest BCUT2D eigenvalue weighted by Gasteiger charge is 2.29. The molecular weight excluding hydrogens is 228 g/mol. The normalized spacial score (nSPS) is 21.8. The summed E-state index contributed by atoms with van der Waals surface area (Å²) in [6.07, 6.45) is 7.03. The topological polar surface area (TPSA) is 72.6 Å². The Labute approximate surface area is 94.8 Å². The summed E-state index contributed by atoms with van der Waals surface area (Å²) in [4.78, 5) is 25.1. The zero-order valence-electron chi connectivity index (χ0n) is 8.54. The van der Waals surface area contributed by atoms with E-state index in [-0.39, 0.29) is 0 Å². The van der Waals surface area contributed by atoms with E-state index >= 15 is 0 Å². The van der Waals surface area contributed by atoms with Gasteiger partial charge >= 0.3 is 5.97 Å². The monoisotopic (exact) mass is 238 g/mol. The van der Waals surface area contributed by atoms with Crippen LogP contribution in [0, 0.1) is 0 Å². The molecular formula is C10H10N2O3S. The number of hydrogen-bond donors (Lipinski definition) is 1. The highest BCUT2D eigenvalue weighted by atomic mass is 32.2. The molecule has 2 aliphatic heterocycles. The summed E-state index contributed by atoms with van der Waals surface area (Å²) in [6, 6.07) is 0. The Hall–Kier alpha value is -1.82. The van der Waals surface area contributed by atoms with Crippen LogP contribution in [0.25, 0.3) is 0 Å². The molecule has 84 valence electrons. The third-order valence-electron chi connectivity index (χ3n) is 2.15. The van der Waals surface area contributed by atoms with Gasteiger partial charge in [0.25, 0.3) is 5.24 Å². The van der Waals surface area contributed by atoms with Crippen LogP contribution in [-0.2, 0) is 9.53 Å². The number of nitrogens with two attached hydrogens (primary N) is 1. The van der Waals surface area contributed by atoms with Crippen molar-refractivity contribution in [3.63, 3.8) is 0 Å². The van der Waals surface area contributed by atoms with Crippen LogP contribution in [0.15, 0.2) is 35.5 Å². The predicted molar refractivity (Wildman–Crippen MR) is 62.4 cm³/mol. The lowest BCUT2D eigenvalue weighted by Crippen LogP contribution is -2.26. The van der Waals surface area contributed by atoms with Crippen LogP contribution in [0.3, 0.4) is 0 Å². The van der Waals surface area contributed by atoms with Gasteiger partial charge in [0.15, 0.2) is 0 Å². The van der Waals surface area contributed by atoms with E-state index in [0.717, 1.165) is 0 Å². The number of amides is 1. The van der Waals surface area contributed by atoms with Gasteiger partial charge in [-0.05, 0) is 22.6 Å². The van der Waals surface area contributed by atoms with Crippen molar-refractivity contribution in [2.24, 2.45) is 5.73 Å². The van der Waals surface area contributed by atoms with Crippen LogP contribution in [0.2, 0.25) is 0 Å². The fraction of sp³-hybridized carbons (Fsp3) is 0.100. The average molecular weight is 238 g/mol. The van der Waals surface area contributed by atoms with E-state index < -0.39 is 21.7 Å². The summed E-state index contributed by atoms with van der Waals surface area (Å²) in [6.45, 7) is 0. The third kappa shape index (κ3) is 1.57. The molecule has 5 nitrogen and oxygen atoms in total. The Morgan fingerprint density at radius 1 is 1.44 bits per heavy atom. The molecule has 2 heterocycles. The molecule has 0 aromatic heterocycles. The molecule has 16 heavy (non-hydrogen) atoms. The highest BCUT2D eigenvalue weighted by Crippen LogP contribution is 2.33. The van der Waals surface area contributed by atoms with E-state index in [9.17, 15) is 9.59 Å². The lowest BCUT2D eigenvalue weighted by molar-refractivity contribution is -0.137. The summed E-state index contributed by atoms with van der Waals surface area (Å²) in [5.41, 5.74) is 5.61. The summed E-state index contributed by atoms with van der Waals surface area (Å²) in [5, 5.41) is 1.09. The molecule has 1 amide bonds. The molecule has 0 bridgehead atoms. The maximum atomic E-state index is 11.5. The first-order valence-corrected chi connectivity index (χ1v) is 5.77.